The lowest BCUT2D eigenvalue weighted by molar-refractivity contribution is 1.07. The minimum absolute atomic E-state index is 0.493. The Bertz CT molecular complexity index is 287. The van der Waals surface area contributed by atoms with Gasteiger partial charge < -0.3 is 5.73 Å². The maximum absolute atomic E-state index is 5.42. The number of hydrogen-bond donors (Lipinski definition) is 1. The second-order valence-corrected chi connectivity index (χ2v) is 3.44. The van der Waals surface area contributed by atoms with Gasteiger partial charge in [-0.2, -0.15) is 0 Å². The van der Waals surface area contributed by atoms with Crippen LogP contribution in [0.4, 0.5) is 0 Å². The van der Waals surface area contributed by atoms with Crippen molar-refractivity contribution in [3.8, 4) is 0 Å². The van der Waals surface area contributed by atoms with Gasteiger partial charge in [-0.3, -0.25) is 4.98 Å². The Morgan fingerprint density at radius 2 is 2.17 bits per heavy atom. The molecule has 64 valence electrons. The summed E-state index contributed by atoms with van der Waals surface area (Å²) in [7, 11) is 0. The van der Waals surface area contributed by atoms with E-state index in [1.54, 1.807) is 0 Å². The summed E-state index contributed by atoms with van der Waals surface area (Å²) in [5.74, 6) is 0. The number of rotatable bonds is 2. The van der Waals surface area contributed by atoms with E-state index < -0.39 is 0 Å². The molecule has 0 radical (unpaired) electrons. The summed E-state index contributed by atoms with van der Waals surface area (Å²) in [6.07, 6.45) is 0.595. The highest BCUT2D eigenvalue weighted by atomic mass is 32.1. The Labute approximate surface area is 77.8 Å². The average molecular weight is 180 g/mol. The molecule has 0 bridgehead atoms. The Hall–Kier alpha value is -0.960. The van der Waals surface area contributed by atoms with Crippen LogP contribution in [-0.2, 0) is 6.42 Å². The van der Waals surface area contributed by atoms with Gasteiger partial charge in [0.1, 0.15) is 0 Å². The van der Waals surface area contributed by atoms with Gasteiger partial charge >= 0.3 is 0 Å². The van der Waals surface area contributed by atoms with E-state index in [2.05, 4.69) is 4.98 Å². The molecule has 0 fully saturated rings. The third-order valence-electron chi connectivity index (χ3n) is 1.51. The molecule has 0 aromatic carbocycles. The highest BCUT2D eigenvalue weighted by molar-refractivity contribution is 7.80. The number of nitrogens with zero attached hydrogens (tertiary/aromatic N) is 1. The maximum atomic E-state index is 5.42. The molecule has 0 spiro atoms. The molecule has 0 saturated heterocycles. The van der Waals surface area contributed by atoms with Crippen molar-refractivity contribution in [2.45, 2.75) is 20.3 Å². The van der Waals surface area contributed by atoms with Crippen LogP contribution >= 0.6 is 12.2 Å². The smallest absolute Gasteiger partial charge is 0.0787 e. The third-order valence-corrected chi connectivity index (χ3v) is 1.65. The van der Waals surface area contributed by atoms with Gasteiger partial charge in [-0.15, -0.1) is 0 Å². The van der Waals surface area contributed by atoms with Crippen molar-refractivity contribution in [2.24, 2.45) is 5.73 Å². The minimum Gasteiger partial charge on any atom is -0.393 e. The zero-order valence-electron chi connectivity index (χ0n) is 7.29. The Balaban J connectivity index is 2.93. The van der Waals surface area contributed by atoms with E-state index in [9.17, 15) is 0 Å². The van der Waals surface area contributed by atoms with Gasteiger partial charge in [-0.25, -0.2) is 0 Å². The van der Waals surface area contributed by atoms with Crippen LogP contribution in [0.3, 0.4) is 0 Å². The highest BCUT2D eigenvalue weighted by Gasteiger charge is 1.98. The Morgan fingerprint density at radius 3 is 2.67 bits per heavy atom. The van der Waals surface area contributed by atoms with Crippen molar-refractivity contribution in [2.75, 3.05) is 0 Å². The first kappa shape index (κ1) is 9.13. The van der Waals surface area contributed by atoms with E-state index in [-0.39, 0.29) is 0 Å². The lowest BCUT2D eigenvalue weighted by Gasteiger charge is -2.01. The highest BCUT2D eigenvalue weighted by Crippen LogP contribution is 2.04. The first-order valence-corrected chi connectivity index (χ1v) is 4.21. The van der Waals surface area contributed by atoms with Gasteiger partial charge in [0, 0.05) is 17.8 Å². The summed E-state index contributed by atoms with van der Waals surface area (Å²) in [5.41, 5.74) is 8.59. The number of hydrogen-bond acceptors (Lipinski definition) is 2. The Kier molecular flexibility index (Phi) is 2.76. The number of thiocarbonyl (C=S) groups is 1. The van der Waals surface area contributed by atoms with E-state index in [1.165, 1.54) is 5.56 Å². The molecular formula is C9H12N2S. The first-order chi connectivity index (χ1) is 5.58. The summed E-state index contributed by atoms with van der Waals surface area (Å²) < 4.78 is 0. The summed E-state index contributed by atoms with van der Waals surface area (Å²) in [6.45, 7) is 4.01. The van der Waals surface area contributed by atoms with Crippen LogP contribution in [0.5, 0.6) is 0 Å². The molecule has 1 aromatic rings. The van der Waals surface area contributed by atoms with Gasteiger partial charge in [0.25, 0.3) is 0 Å². The SMILES string of the molecule is Cc1cc(C)nc(CC(N)=S)c1. The van der Waals surface area contributed by atoms with Crippen molar-refractivity contribution < 1.29 is 0 Å². The lowest BCUT2D eigenvalue weighted by atomic mass is 10.2. The molecule has 0 aliphatic rings. The topological polar surface area (TPSA) is 38.9 Å². The third kappa shape index (κ3) is 2.58. The van der Waals surface area contributed by atoms with Crippen molar-refractivity contribution in [3.63, 3.8) is 0 Å². The molecule has 1 rings (SSSR count). The van der Waals surface area contributed by atoms with E-state index in [1.807, 2.05) is 26.0 Å². The van der Waals surface area contributed by atoms with Crippen LogP contribution in [0.15, 0.2) is 12.1 Å². The Morgan fingerprint density at radius 1 is 1.50 bits per heavy atom. The van der Waals surface area contributed by atoms with Gasteiger partial charge in [0.2, 0.25) is 0 Å². The number of nitrogens with two attached hydrogens (primary N) is 1. The summed E-state index contributed by atoms with van der Waals surface area (Å²) >= 11 is 4.80. The summed E-state index contributed by atoms with van der Waals surface area (Å²) in [4.78, 5) is 4.80. The fourth-order valence-corrected chi connectivity index (χ4v) is 1.34. The second kappa shape index (κ2) is 3.63. The zero-order valence-corrected chi connectivity index (χ0v) is 8.11. The predicted molar refractivity (Wildman–Crippen MR) is 54.2 cm³/mol. The molecule has 2 nitrogen and oxygen atoms in total. The van der Waals surface area contributed by atoms with Crippen molar-refractivity contribution in [1.29, 1.82) is 0 Å². The molecule has 1 aromatic heterocycles. The van der Waals surface area contributed by atoms with Crippen LogP contribution in [0.25, 0.3) is 0 Å². The van der Waals surface area contributed by atoms with Crippen LogP contribution in [-0.4, -0.2) is 9.97 Å². The van der Waals surface area contributed by atoms with Gasteiger partial charge in [-0.05, 0) is 31.5 Å². The van der Waals surface area contributed by atoms with Gasteiger partial charge in [-0.1, -0.05) is 12.2 Å². The fourth-order valence-electron chi connectivity index (χ4n) is 1.19. The van der Waals surface area contributed by atoms with E-state index in [0.717, 1.165) is 11.4 Å². The molecule has 0 aliphatic carbocycles. The molecular weight excluding hydrogens is 168 g/mol. The van der Waals surface area contributed by atoms with E-state index >= 15 is 0 Å². The van der Waals surface area contributed by atoms with Crippen LogP contribution in [0.1, 0.15) is 17.0 Å². The van der Waals surface area contributed by atoms with Crippen molar-refractivity contribution in [3.05, 3.63) is 29.1 Å². The number of pyridine rings is 1. The van der Waals surface area contributed by atoms with Crippen LogP contribution in [0.2, 0.25) is 0 Å². The average Bonchev–Trinajstić information content (AvgIpc) is 1.81. The molecule has 2 N–H and O–H groups in total. The minimum atomic E-state index is 0.493. The van der Waals surface area contributed by atoms with Crippen molar-refractivity contribution in [1.82, 2.24) is 4.98 Å². The quantitative estimate of drug-likeness (QED) is 0.701. The second-order valence-electron chi connectivity index (χ2n) is 2.92. The monoisotopic (exact) mass is 180 g/mol. The first-order valence-electron chi connectivity index (χ1n) is 3.80. The van der Waals surface area contributed by atoms with E-state index in [0.29, 0.717) is 11.4 Å². The molecule has 0 amide bonds. The fraction of sp³-hybridized carbons (Fsp3) is 0.333. The standard InChI is InChI=1S/C9H12N2S/c1-6-3-7(2)11-8(4-6)5-9(10)12/h3-4H,5H2,1-2H3,(H2,10,12). The molecule has 1 heterocycles. The molecule has 12 heavy (non-hydrogen) atoms. The lowest BCUT2D eigenvalue weighted by Crippen LogP contribution is -2.12. The van der Waals surface area contributed by atoms with E-state index in [4.69, 9.17) is 18.0 Å². The van der Waals surface area contributed by atoms with Gasteiger partial charge in [0.15, 0.2) is 0 Å². The summed E-state index contributed by atoms with van der Waals surface area (Å²) in [6, 6.07) is 4.04. The molecule has 0 atom stereocenters. The van der Waals surface area contributed by atoms with Gasteiger partial charge in [0.05, 0.1) is 4.99 Å². The van der Waals surface area contributed by atoms with Crippen LogP contribution in [0, 0.1) is 13.8 Å². The molecule has 0 aliphatic heterocycles. The predicted octanol–water partition coefficient (Wildman–Crippen LogP) is 1.53. The normalized spacial score (nSPS) is 9.83. The number of aromatic nitrogens is 1. The largest absolute Gasteiger partial charge is 0.393 e. The molecule has 0 saturated carbocycles. The molecule has 0 unspecified atom stereocenters. The zero-order chi connectivity index (χ0) is 9.14. The van der Waals surface area contributed by atoms with Crippen LogP contribution < -0.4 is 5.73 Å². The number of aryl methyl sites for hydroxylation is 2. The summed E-state index contributed by atoms with van der Waals surface area (Å²) in [5, 5.41) is 0. The molecule has 3 heteroatoms. The maximum Gasteiger partial charge on any atom is 0.0787 e. The van der Waals surface area contributed by atoms with Crippen molar-refractivity contribution >= 4 is 17.2 Å².